The summed E-state index contributed by atoms with van der Waals surface area (Å²) < 4.78 is 5.38. The van der Waals surface area contributed by atoms with Gasteiger partial charge in [0.25, 0.3) is 0 Å². The molecule has 1 fully saturated rings. The van der Waals surface area contributed by atoms with Crippen molar-refractivity contribution < 1.29 is 9.94 Å². The predicted molar refractivity (Wildman–Crippen MR) is 79.1 cm³/mol. The summed E-state index contributed by atoms with van der Waals surface area (Å²) in [5, 5.41) is 12.2. The first-order valence-corrected chi connectivity index (χ1v) is 7.02. The maximum Gasteiger partial charge on any atom is 0.147 e. The smallest absolute Gasteiger partial charge is 0.147 e. The fourth-order valence-corrected chi connectivity index (χ4v) is 2.71. The van der Waals surface area contributed by atoms with E-state index in [1.54, 1.807) is 7.11 Å². The molecule has 0 aromatic heterocycles. The van der Waals surface area contributed by atoms with Gasteiger partial charge in [0.15, 0.2) is 0 Å². The van der Waals surface area contributed by atoms with Gasteiger partial charge in [-0.1, -0.05) is 35.5 Å². The molecule has 0 aliphatic carbocycles. The second-order valence-electron chi connectivity index (χ2n) is 5.22. The fraction of sp³-hybridized carbons (Fsp3) is 0.533. The van der Waals surface area contributed by atoms with Gasteiger partial charge in [-0.3, -0.25) is 0 Å². The number of hydrogen-bond acceptors (Lipinski definition) is 4. The molecule has 1 heterocycles. The third-order valence-corrected chi connectivity index (χ3v) is 3.98. The molecule has 1 atom stereocenters. The van der Waals surface area contributed by atoms with Gasteiger partial charge in [-0.2, -0.15) is 0 Å². The molecule has 1 aromatic carbocycles. The van der Waals surface area contributed by atoms with E-state index in [0.717, 1.165) is 38.0 Å². The van der Waals surface area contributed by atoms with Crippen LogP contribution in [0, 0.1) is 0 Å². The number of hydrogen-bond donors (Lipinski definition) is 2. The summed E-state index contributed by atoms with van der Waals surface area (Å²) >= 11 is 0. The van der Waals surface area contributed by atoms with E-state index in [4.69, 9.17) is 15.7 Å². The summed E-state index contributed by atoms with van der Waals surface area (Å²) in [4.78, 5) is 2.35. The number of ether oxygens (including phenoxy) is 1. The van der Waals surface area contributed by atoms with Crippen molar-refractivity contribution in [3.05, 3.63) is 35.9 Å². The van der Waals surface area contributed by atoms with Gasteiger partial charge in [0, 0.05) is 26.7 Å². The van der Waals surface area contributed by atoms with Crippen molar-refractivity contribution in [2.24, 2.45) is 10.9 Å². The first-order chi connectivity index (χ1) is 9.74. The van der Waals surface area contributed by atoms with Crippen molar-refractivity contribution in [2.45, 2.75) is 24.9 Å². The van der Waals surface area contributed by atoms with Crippen LogP contribution in [0.4, 0.5) is 0 Å². The Balaban J connectivity index is 2.03. The Hall–Kier alpha value is -1.59. The molecule has 2 rings (SSSR count). The van der Waals surface area contributed by atoms with Crippen LogP contribution in [0.15, 0.2) is 35.5 Å². The van der Waals surface area contributed by atoms with Crippen molar-refractivity contribution in [1.29, 1.82) is 0 Å². The van der Waals surface area contributed by atoms with Crippen LogP contribution >= 0.6 is 0 Å². The Kier molecular flexibility index (Phi) is 5.38. The van der Waals surface area contributed by atoms with E-state index < -0.39 is 0 Å². The van der Waals surface area contributed by atoms with Crippen LogP contribution in [-0.2, 0) is 4.74 Å². The van der Waals surface area contributed by atoms with Crippen LogP contribution in [0.5, 0.6) is 0 Å². The third-order valence-electron chi connectivity index (χ3n) is 3.98. The van der Waals surface area contributed by atoms with Crippen molar-refractivity contribution in [3.8, 4) is 0 Å². The lowest BCUT2D eigenvalue weighted by molar-refractivity contribution is 0.0408. The van der Waals surface area contributed by atoms with E-state index in [-0.39, 0.29) is 11.8 Å². The highest BCUT2D eigenvalue weighted by atomic mass is 16.5. The molecule has 110 valence electrons. The minimum Gasteiger partial charge on any atom is -0.409 e. The molecule has 0 radical (unpaired) electrons. The van der Waals surface area contributed by atoms with Crippen LogP contribution in [0.2, 0.25) is 0 Å². The zero-order valence-electron chi connectivity index (χ0n) is 11.9. The van der Waals surface area contributed by atoms with E-state index in [1.807, 2.05) is 30.3 Å². The SMILES string of the molecule is COC1CCN(CC(C(N)=NO)c2ccccc2)CC1. The van der Waals surface area contributed by atoms with E-state index in [2.05, 4.69) is 10.1 Å². The highest BCUT2D eigenvalue weighted by molar-refractivity contribution is 5.87. The number of amidine groups is 1. The van der Waals surface area contributed by atoms with Crippen LogP contribution in [0.1, 0.15) is 24.3 Å². The molecule has 1 aliphatic heterocycles. The predicted octanol–water partition coefficient (Wildman–Crippen LogP) is 1.63. The van der Waals surface area contributed by atoms with E-state index >= 15 is 0 Å². The lowest BCUT2D eigenvalue weighted by Crippen LogP contribution is -2.41. The molecule has 1 aromatic rings. The molecule has 3 N–H and O–H groups in total. The standard InChI is InChI=1S/C15H23N3O2/c1-20-13-7-9-18(10-8-13)11-14(15(16)17-19)12-5-3-2-4-6-12/h2-6,13-14,19H,7-11H2,1H3,(H2,16,17). The largest absolute Gasteiger partial charge is 0.409 e. The van der Waals surface area contributed by atoms with Crippen molar-refractivity contribution >= 4 is 5.84 Å². The number of nitrogens with zero attached hydrogens (tertiary/aromatic N) is 2. The summed E-state index contributed by atoms with van der Waals surface area (Å²) in [7, 11) is 1.77. The Bertz CT molecular complexity index is 428. The summed E-state index contributed by atoms with van der Waals surface area (Å²) in [5.41, 5.74) is 6.95. The maximum atomic E-state index is 9.00. The van der Waals surface area contributed by atoms with Crippen molar-refractivity contribution in [2.75, 3.05) is 26.7 Å². The molecule has 5 nitrogen and oxygen atoms in total. The molecular weight excluding hydrogens is 254 g/mol. The minimum absolute atomic E-state index is 0.0692. The van der Waals surface area contributed by atoms with Gasteiger partial charge < -0.3 is 20.6 Å². The number of nitrogens with two attached hydrogens (primary N) is 1. The third kappa shape index (κ3) is 3.71. The number of methoxy groups -OCH3 is 1. The summed E-state index contributed by atoms with van der Waals surface area (Å²) in [6.07, 6.45) is 2.44. The monoisotopic (exact) mass is 277 g/mol. The normalized spacial score (nSPS) is 19.9. The second kappa shape index (κ2) is 7.26. The van der Waals surface area contributed by atoms with E-state index in [0.29, 0.717) is 6.10 Å². The number of piperidine rings is 1. The topological polar surface area (TPSA) is 71.1 Å². The van der Waals surface area contributed by atoms with E-state index in [9.17, 15) is 0 Å². The maximum absolute atomic E-state index is 9.00. The Morgan fingerprint density at radius 2 is 2.05 bits per heavy atom. The van der Waals surface area contributed by atoms with Gasteiger partial charge in [0.05, 0.1) is 12.0 Å². The van der Waals surface area contributed by atoms with Crippen LogP contribution in [0.25, 0.3) is 0 Å². The number of oxime groups is 1. The fourth-order valence-electron chi connectivity index (χ4n) is 2.71. The number of rotatable bonds is 5. The van der Waals surface area contributed by atoms with Crippen molar-refractivity contribution in [3.63, 3.8) is 0 Å². The van der Waals surface area contributed by atoms with E-state index in [1.165, 1.54) is 0 Å². The summed E-state index contributed by atoms with van der Waals surface area (Å²) in [6, 6.07) is 9.96. The van der Waals surface area contributed by atoms with Crippen LogP contribution in [-0.4, -0.2) is 48.8 Å². The molecule has 0 bridgehead atoms. The summed E-state index contributed by atoms with van der Waals surface area (Å²) in [5.74, 6) is 0.199. The van der Waals surface area contributed by atoms with Gasteiger partial charge >= 0.3 is 0 Å². The first-order valence-electron chi connectivity index (χ1n) is 7.02. The molecule has 0 amide bonds. The summed E-state index contributed by atoms with van der Waals surface area (Å²) in [6.45, 7) is 2.75. The average Bonchev–Trinajstić information content (AvgIpc) is 2.53. The molecule has 20 heavy (non-hydrogen) atoms. The number of likely N-dealkylation sites (tertiary alicyclic amines) is 1. The van der Waals surface area contributed by atoms with Crippen LogP contribution in [0.3, 0.4) is 0 Å². The highest BCUT2D eigenvalue weighted by Crippen LogP contribution is 2.20. The molecule has 0 saturated carbocycles. The lowest BCUT2D eigenvalue weighted by atomic mass is 9.96. The Labute approximate surface area is 120 Å². The van der Waals surface area contributed by atoms with Crippen LogP contribution < -0.4 is 5.73 Å². The minimum atomic E-state index is -0.0692. The molecule has 1 unspecified atom stereocenters. The van der Waals surface area contributed by atoms with Gasteiger partial charge in [-0.05, 0) is 18.4 Å². The van der Waals surface area contributed by atoms with Gasteiger partial charge in [0.1, 0.15) is 5.84 Å². The molecule has 0 spiro atoms. The first kappa shape index (κ1) is 14.8. The second-order valence-corrected chi connectivity index (χ2v) is 5.22. The molecule has 1 aliphatic rings. The highest BCUT2D eigenvalue weighted by Gasteiger charge is 2.24. The Morgan fingerprint density at radius 3 is 2.60 bits per heavy atom. The zero-order valence-corrected chi connectivity index (χ0v) is 11.9. The quantitative estimate of drug-likeness (QED) is 0.371. The number of benzene rings is 1. The van der Waals surface area contributed by atoms with Gasteiger partial charge in [-0.25, -0.2) is 0 Å². The molecule has 1 saturated heterocycles. The molecule has 5 heteroatoms. The molecular formula is C15H23N3O2. The van der Waals surface area contributed by atoms with Gasteiger partial charge in [0.2, 0.25) is 0 Å². The van der Waals surface area contributed by atoms with Crippen molar-refractivity contribution in [1.82, 2.24) is 4.90 Å². The Morgan fingerprint density at radius 1 is 1.40 bits per heavy atom. The lowest BCUT2D eigenvalue weighted by Gasteiger charge is -2.33. The van der Waals surface area contributed by atoms with Gasteiger partial charge in [-0.15, -0.1) is 0 Å². The zero-order chi connectivity index (χ0) is 14.4. The average molecular weight is 277 g/mol.